The van der Waals surface area contributed by atoms with Crippen LogP contribution in [0.3, 0.4) is 0 Å². The van der Waals surface area contributed by atoms with Gasteiger partial charge in [-0.25, -0.2) is 9.78 Å². The molecule has 1 aromatic rings. The Hall–Kier alpha value is -1.99. The highest BCUT2D eigenvalue weighted by molar-refractivity contribution is 5.75. The average molecular weight is 315 g/mol. The summed E-state index contributed by atoms with van der Waals surface area (Å²) in [6.45, 7) is -1.18. The number of hydrogen-bond donors (Lipinski definition) is 2. The fraction of sp³-hybridized carbons (Fsp3) is 0.571. The van der Waals surface area contributed by atoms with E-state index in [-0.39, 0.29) is 24.0 Å². The highest BCUT2D eigenvalue weighted by Gasteiger charge is 2.57. The van der Waals surface area contributed by atoms with Gasteiger partial charge in [0, 0.05) is 24.3 Å². The molecule has 0 aromatic carbocycles. The van der Waals surface area contributed by atoms with Crippen LogP contribution in [0.15, 0.2) is 18.3 Å². The molecule has 2 amide bonds. The number of aromatic nitrogens is 1. The van der Waals surface area contributed by atoms with Gasteiger partial charge in [-0.1, -0.05) is 0 Å². The standard InChI is InChI=1S/C14H16F3N3O2/c15-14(16,17)8-22-11-3-9(1-2-18-11)7-19-12(21)20-13-4-10(5-13)6-13/h1-3,10H,4-8H2,(H2,19,20,21). The van der Waals surface area contributed by atoms with Crippen molar-refractivity contribution in [2.24, 2.45) is 5.92 Å². The summed E-state index contributed by atoms with van der Waals surface area (Å²) in [6.07, 6.45) is 0.0849. The Morgan fingerprint density at radius 2 is 2.14 bits per heavy atom. The molecule has 1 heterocycles. The summed E-state index contributed by atoms with van der Waals surface area (Å²) in [6, 6.07) is 2.74. The van der Waals surface area contributed by atoms with Gasteiger partial charge in [-0.15, -0.1) is 0 Å². The number of alkyl halides is 3. The van der Waals surface area contributed by atoms with Crippen LogP contribution in [0.5, 0.6) is 5.88 Å². The molecule has 5 nitrogen and oxygen atoms in total. The first-order valence-electron chi connectivity index (χ1n) is 7.04. The van der Waals surface area contributed by atoms with Crippen molar-refractivity contribution < 1.29 is 22.7 Å². The quantitative estimate of drug-likeness (QED) is 0.877. The third-order valence-electron chi connectivity index (χ3n) is 4.05. The van der Waals surface area contributed by atoms with E-state index in [1.807, 2.05) is 0 Å². The second-order valence-electron chi connectivity index (χ2n) is 5.97. The second-order valence-corrected chi connectivity index (χ2v) is 5.97. The number of pyridine rings is 1. The van der Waals surface area contributed by atoms with Crippen LogP contribution in [0.2, 0.25) is 0 Å². The number of carbonyl (C=O) groups excluding carboxylic acids is 1. The molecular formula is C14H16F3N3O2. The van der Waals surface area contributed by atoms with Crippen LogP contribution in [0.1, 0.15) is 24.8 Å². The first-order chi connectivity index (χ1) is 10.3. The van der Waals surface area contributed by atoms with E-state index in [4.69, 9.17) is 0 Å². The van der Waals surface area contributed by atoms with E-state index in [0.717, 1.165) is 25.2 Å². The van der Waals surface area contributed by atoms with Crippen LogP contribution in [0, 0.1) is 5.92 Å². The number of amides is 2. The van der Waals surface area contributed by atoms with Crippen LogP contribution in [-0.4, -0.2) is 29.3 Å². The fourth-order valence-corrected chi connectivity index (χ4v) is 2.89. The third kappa shape index (κ3) is 3.42. The predicted molar refractivity (Wildman–Crippen MR) is 71.2 cm³/mol. The fourth-order valence-electron chi connectivity index (χ4n) is 2.89. The summed E-state index contributed by atoms with van der Waals surface area (Å²) in [5, 5.41) is 5.63. The highest BCUT2D eigenvalue weighted by Crippen LogP contribution is 2.56. The summed E-state index contributed by atoms with van der Waals surface area (Å²) in [4.78, 5) is 15.5. The lowest BCUT2D eigenvalue weighted by Gasteiger charge is -2.61. The zero-order valence-electron chi connectivity index (χ0n) is 11.7. The lowest BCUT2D eigenvalue weighted by atomic mass is 9.50. The maximum absolute atomic E-state index is 12.1. The van der Waals surface area contributed by atoms with Gasteiger partial charge in [0.1, 0.15) is 0 Å². The number of rotatable bonds is 5. The molecule has 0 unspecified atom stereocenters. The summed E-state index contributed by atoms with van der Waals surface area (Å²) in [5.41, 5.74) is 0.619. The predicted octanol–water partition coefficient (Wildman–Crippen LogP) is 2.37. The number of halogens is 3. The Morgan fingerprint density at radius 3 is 2.73 bits per heavy atom. The molecule has 0 aliphatic heterocycles. The van der Waals surface area contributed by atoms with E-state index in [1.54, 1.807) is 6.07 Å². The molecule has 0 saturated heterocycles. The van der Waals surface area contributed by atoms with E-state index in [1.165, 1.54) is 12.3 Å². The Balaban J connectivity index is 1.46. The molecule has 22 heavy (non-hydrogen) atoms. The SMILES string of the molecule is O=C(NCc1ccnc(OCC(F)(F)F)c1)NC12CC(C1)C2. The maximum Gasteiger partial charge on any atom is 0.422 e. The summed E-state index contributed by atoms with van der Waals surface area (Å²) in [5.74, 6) is 0.658. The number of urea groups is 1. The topological polar surface area (TPSA) is 63.2 Å². The minimum atomic E-state index is -4.40. The van der Waals surface area contributed by atoms with Gasteiger partial charge < -0.3 is 15.4 Å². The minimum Gasteiger partial charge on any atom is -0.468 e. The smallest absolute Gasteiger partial charge is 0.422 e. The molecule has 0 spiro atoms. The van der Waals surface area contributed by atoms with Gasteiger partial charge in [0.25, 0.3) is 0 Å². The zero-order valence-corrected chi connectivity index (χ0v) is 11.7. The van der Waals surface area contributed by atoms with Crippen LogP contribution >= 0.6 is 0 Å². The first-order valence-corrected chi connectivity index (χ1v) is 7.04. The minimum absolute atomic E-state index is 0.00598. The molecule has 3 aliphatic carbocycles. The van der Waals surface area contributed by atoms with E-state index in [9.17, 15) is 18.0 Å². The average Bonchev–Trinajstić information content (AvgIpc) is 2.37. The van der Waals surface area contributed by atoms with Crippen LogP contribution in [0.4, 0.5) is 18.0 Å². The number of ether oxygens (including phenoxy) is 1. The molecule has 0 radical (unpaired) electrons. The van der Waals surface area contributed by atoms with Crippen LogP contribution in [-0.2, 0) is 6.54 Å². The van der Waals surface area contributed by atoms with Crippen molar-refractivity contribution in [1.29, 1.82) is 0 Å². The van der Waals surface area contributed by atoms with E-state index in [2.05, 4.69) is 20.4 Å². The molecule has 2 N–H and O–H groups in total. The number of hydrogen-bond acceptors (Lipinski definition) is 3. The molecule has 3 saturated carbocycles. The van der Waals surface area contributed by atoms with Crippen molar-refractivity contribution in [1.82, 2.24) is 15.6 Å². The molecular weight excluding hydrogens is 299 g/mol. The molecule has 120 valence electrons. The second kappa shape index (κ2) is 5.33. The van der Waals surface area contributed by atoms with Gasteiger partial charge in [-0.2, -0.15) is 13.2 Å². The van der Waals surface area contributed by atoms with Crippen molar-refractivity contribution in [3.05, 3.63) is 23.9 Å². The van der Waals surface area contributed by atoms with Gasteiger partial charge >= 0.3 is 12.2 Å². The van der Waals surface area contributed by atoms with Gasteiger partial charge in [-0.3, -0.25) is 0 Å². The van der Waals surface area contributed by atoms with E-state index >= 15 is 0 Å². The number of nitrogens with zero attached hydrogens (tertiary/aromatic N) is 1. The number of nitrogens with one attached hydrogen (secondary N) is 2. The summed E-state index contributed by atoms with van der Waals surface area (Å²) in [7, 11) is 0. The van der Waals surface area contributed by atoms with Crippen molar-refractivity contribution in [3.8, 4) is 5.88 Å². The highest BCUT2D eigenvalue weighted by atomic mass is 19.4. The Labute approximate surface area is 125 Å². The molecule has 4 rings (SSSR count). The van der Waals surface area contributed by atoms with Crippen LogP contribution < -0.4 is 15.4 Å². The van der Waals surface area contributed by atoms with E-state index in [0.29, 0.717) is 5.56 Å². The summed E-state index contributed by atoms with van der Waals surface area (Å²) >= 11 is 0. The van der Waals surface area contributed by atoms with Crippen LogP contribution in [0.25, 0.3) is 0 Å². The molecule has 1 aromatic heterocycles. The van der Waals surface area contributed by atoms with Gasteiger partial charge in [0.15, 0.2) is 6.61 Å². The molecule has 3 fully saturated rings. The van der Waals surface area contributed by atoms with Crippen molar-refractivity contribution >= 4 is 6.03 Å². The molecule has 8 heteroatoms. The third-order valence-corrected chi connectivity index (χ3v) is 4.05. The Morgan fingerprint density at radius 1 is 1.41 bits per heavy atom. The van der Waals surface area contributed by atoms with Crippen molar-refractivity contribution in [2.45, 2.75) is 37.5 Å². The number of carbonyl (C=O) groups is 1. The summed E-state index contributed by atoms with van der Waals surface area (Å²) < 4.78 is 40.8. The first kappa shape index (κ1) is 14.9. The molecule has 0 atom stereocenters. The maximum atomic E-state index is 12.1. The Bertz CT molecular complexity index is 560. The monoisotopic (exact) mass is 315 g/mol. The molecule has 2 bridgehead atoms. The van der Waals surface area contributed by atoms with Crippen molar-refractivity contribution in [2.75, 3.05) is 6.61 Å². The van der Waals surface area contributed by atoms with Gasteiger partial charge in [0.2, 0.25) is 5.88 Å². The normalized spacial score (nSPS) is 25.7. The van der Waals surface area contributed by atoms with Crippen molar-refractivity contribution in [3.63, 3.8) is 0 Å². The Kier molecular flexibility index (Phi) is 3.62. The van der Waals surface area contributed by atoms with Gasteiger partial charge in [-0.05, 0) is 36.8 Å². The lowest BCUT2D eigenvalue weighted by Crippen LogP contribution is -2.69. The van der Waals surface area contributed by atoms with Gasteiger partial charge in [0.05, 0.1) is 0 Å². The van der Waals surface area contributed by atoms with E-state index < -0.39 is 12.8 Å². The largest absolute Gasteiger partial charge is 0.468 e. The lowest BCUT2D eigenvalue weighted by molar-refractivity contribution is -0.154. The zero-order chi connectivity index (χ0) is 15.8. The molecule has 3 aliphatic rings.